The minimum atomic E-state index is 0.000941. The molecule has 0 unspecified atom stereocenters. The summed E-state index contributed by atoms with van der Waals surface area (Å²) in [4.78, 5) is 2.50. The van der Waals surface area contributed by atoms with Gasteiger partial charge in [0, 0.05) is 11.5 Å². The fourth-order valence-corrected chi connectivity index (χ4v) is 0.233. The van der Waals surface area contributed by atoms with Crippen LogP contribution < -0.4 is 0 Å². The first-order valence-electron chi connectivity index (χ1n) is 2.18. The highest BCUT2D eigenvalue weighted by molar-refractivity contribution is 4.82. The van der Waals surface area contributed by atoms with Crippen molar-refractivity contribution in [2.75, 3.05) is 13.2 Å². The Morgan fingerprint density at radius 2 is 2.38 bits per heavy atom. The van der Waals surface area contributed by atoms with Gasteiger partial charge in [-0.3, -0.25) is 0 Å². The van der Waals surface area contributed by atoms with Gasteiger partial charge in [0.25, 0.3) is 0 Å². The van der Waals surface area contributed by atoms with Crippen LogP contribution in [-0.4, -0.2) is 18.3 Å². The fraction of sp³-hybridized carbons (Fsp3) is 0.500. The number of hydrogen-bond acceptors (Lipinski definition) is 2. The van der Waals surface area contributed by atoms with Gasteiger partial charge in [0.05, 0.1) is 6.61 Å². The Morgan fingerprint density at radius 3 is 2.88 bits per heavy atom. The Bertz CT molecular complexity index is 114. The quantitative estimate of drug-likeness (QED) is 0.250. The Kier molecular flexibility index (Phi) is 5.27. The summed E-state index contributed by atoms with van der Waals surface area (Å²) in [7, 11) is 0. The number of hydrogen-bond donors (Lipinski definition) is 1. The second-order valence-electron chi connectivity index (χ2n) is 1.07. The van der Waals surface area contributed by atoms with Crippen molar-refractivity contribution in [2.24, 2.45) is 5.11 Å². The maximum atomic E-state index is 8.14. The van der Waals surface area contributed by atoms with E-state index in [-0.39, 0.29) is 6.61 Å². The monoisotopic (exact) mass is 113 g/mol. The molecule has 0 amide bonds. The molecule has 0 aromatic rings. The van der Waals surface area contributed by atoms with Gasteiger partial charge in [-0.2, -0.15) is 0 Å². The number of azide groups is 1. The third-order valence-electron chi connectivity index (χ3n) is 0.522. The molecular weight excluding hydrogens is 106 g/mol. The Morgan fingerprint density at radius 1 is 1.62 bits per heavy atom. The lowest BCUT2D eigenvalue weighted by Crippen LogP contribution is -1.72. The summed E-state index contributed by atoms with van der Waals surface area (Å²) in [6, 6.07) is 0. The van der Waals surface area contributed by atoms with Crippen molar-refractivity contribution in [3.63, 3.8) is 0 Å². The van der Waals surface area contributed by atoms with Crippen LogP contribution in [0.15, 0.2) is 17.3 Å². The average Bonchev–Trinajstić information content (AvgIpc) is 1.81. The lowest BCUT2D eigenvalue weighted by atomic mass is 10.5. The second kappa shape index (κ2) is 6.01. The first-order chi connectivity index (χ1) is 3.91. The van der Waals surface area contributed by atoms with Crippen molar-refractivity contribution in [3.8, 4) is 0 Å². The summed E-state index contributed by atoms with van der Waals surface area (Å²) in [5.41, 5.74) is 7.73. The highest BCUT2D eigenvalue weighted by Crippen LogP contribution is 1.73. The highest BCUT2D eigenvalue weighted by atomic mass is 16.2. The van der Waals surface area contributed by atoms with Crippen molar-refractivity contribution in [1.29, 1.82) is 0 Å². The Labute approximate surface area is 47.1 Å². The summed E-state index contributed by atoms with van der Waals surface area (Å²) < 4.78 is 0. The van der Waals surface area contributed by atoms with Crippen LogP contribution >= 0.6 is 0 Å². The van der Waals surface area contributed by atoms with E-state index in [4.69, 9.17) is 10.6 Å². The van der Waals surface area contributed by atoms with E-state index in [0.29, 0.717) is 6.54 Å². The number of aliphatic hydroxyl groups excluding tert-OH is 1. The maximum Gasteiger partial charge on any atom is 0.0612 e. The lowest BCUT2D eigenvalue weighted by molar-refractivity contribution is 0.342. The van der Waals surface area contributed by atoms with E-state index in [9.17, 15) is 0 Å². The summed E-state index contributed by atoms with van der Waals surface area (Å²) in [5, 5.41) is 11.3. The molecule has 4 nitrogen and oxygen atoms in total. The van der Waals surface area contributed by atoms with Crippen LogP contribution in [0.2, 0.25) is 0 Å². The molecule has 0 spiro atoms. The van der Waals surface area contributed by atoms with Gasteiger partial charge in [-0.05, 0) is 5.53 Å². The summed E-state index contributed by atoms with van der Waals surface area (Å²) >= 11 is 0. The molecule has 1 N–H and O–H groups in total. The third-order valence-corrected chi connectivity index (χ3v) is 0.522. The Hall–Kier alpha value is -0.990. The van der Waals surface area contributed by atoms with E-state index in [1.165, 1.54) is 6.08 Å². The van der Waals surface area contributed by atoms with Crippen molar-refractivity contribution in [3.05, 3.63) is 22.6 Å². The summed E-state index contributed by atoms with van der Waals surface area (Å²) in [6.07, 6.45) is 3.12. The van der Waals surface area contributed by atoms with Gasteiger partial charge in [0.1, 0.15) is 0 Å². The van der Waals surface area contributed by atoms with Crippen LogP contribution in [0.3, 0.4) is 0 Å². The molecule has 0 atom stereocenters. The second-order valence-corrected chi connectivity index (χ2v) is 1.07. The van der Waals surface area contributed by atoms with Crippen molar-refractivity contribution in [1.82, 2.24) is 0 Å². The molecule has 0 aromatic heterocycles. The molecule has 8 heavy (non-hydrogen) atoms. The van der Waals surface area contributed by atoms with E-state index in [2.05, 4.69) is 10.0 Å². The molecule has 0 heterocycles. The van der Waals surface area contributed by atoms with Gasteiger partial charge in [-0.1, -0.05) is 17.3 Å². The molecule has 0 saturated heterocycles. The molecule has 0 aliphatic heterocycles. The fourth-order valence-electron chi connectivity index (χ4n) is 0.233. The van der Waals surface area contributed by atoms with Crippen LogP contribution in [0, 0.1) is 0 Å². The molecule has 44 valence electrons. The topological polar surface area (TPSA) is 69.0 Å². The van der Waals surface area contributed by atoms with Crippen LogP contribution in [0.4, 0.5) is 0 Å². The zero-order chi connectivity index (χ0) is 6.24. The average molecular weight is 113 g/mol. The predicted molar refractivity (Wildman–Crippen MR) is 30.2 cm³/mol. The number of nitrogens with zero attached hydrogens (tertiary/aromatic N) is 3. The molecular formula is C4H7N3O. The summed E-state index contributed by atoms with van der Waals surface area (Å²) in [5.74, 6) is 0. The van der Waals surface area contributed by atoms with Gasteiger partial charge in [-0.15, -0.1) is 0 Å². The first kappa shape index (κ1) is 7.01. The standard InChI is InChI=1S/C4H7N3O/c5-7-6-3-1-2-4-8/h1-2,8H,3-4H2/b2-1-. The van der Waals surface area contributed by atoms with E-state index in [0.717, 1.165) is 0 Å². The highest BCUT2D eigenvalue weighted by Gasteiger charge is 1.66. The molecule has 0 rings (SSSR count). The zero-order valence-corrected chi connectivity index (χ0v) is 4.36. The minimum absolute atomic E-state index is 0.000941. The molecule has 4 heteroatoms. The molecule has 0 aromatic carbocycles. The van der Waals surface area contributed by atoms with Crippen molar-refractivity contribution in [2.45, 2.75) is 0 Å². The van der Waals surface area contributed by atoms with Crippen LogP contribution in [-0.2, 0) is 0 Å². The predicted octanol–water partition coefficient (Wildman–Crippen LogP) is 0.845. The van der Waals surface area contributed by atoms with Crippen molar-refractivity contribution >= 4 is 0 Å². The minimum Gasteiger partial charge on any atom is -0.392 e. The van der Waals surface area contributed by atoms with E-state index in [1.54, 1.807) is 6.08 Å². The third kappa shape index (κ3) is 5.01. The van der Waals surface area contributed by atoms with Gasteiger partial charge in [-0.25, -0.2) is 0 Å². The summed E-state index contributed by atoms with van der Waals surface area (Å²) in [6.45, 7) is 0.317. The van der Waals surface area contributed by atoms with Gasteiger partial charge in [0.2, 0.25) is 0 Å². The number of aliphatic hydroxyl groups is 1. The smallest absolute Gasteiger partial charge is 0.0612 e. The van der Waals surface area contributed by atoms with Gasteiger partial charge >= 0.3 is 0 Å². The molecule has 0 saturated carbocycles. The zero-order valence-electron chi connectivity index (χ0n) is 4.36. The van der Waals surface area contributed by atoms with Crippen molar-refractivity contribution < 1.29 is 5.11 Å². The normalized spacial score (nSPS) is 9.12. The molecule has 0 fully saturated rings. The number of rotatable bonds is 3. The SMILES string of the molecule is [N-]=[N+]=NC/C=C\CO. The van der Waals surface area contributed by atoms with Crippen LogP contribution in [0.25, 0.3) is 10.4 Å². The van der Waals surface area contributed by atoms with E-state index < -0.39 is 0 Å². The van der Waals surface area contributed by atoms with Crippen LogP contribution in [0.5, 0.6) is 0 Å². The lowest BCUT2D eigenvalue weighted by Gasteiger charge is -1.74. The van der Waals surface area contributed by atoms with E-state index >= 15 is 0 Å². The first-order valence-corrected chi connectivity index (χ1v) is 2.18. The molecule has 0 radical (unpaired) electrons. The molecule has 0 aliphatic carbocycles. The largest absolute Gasteiger partial charge is 0.392 e. The van der Waals surface area contributed by atoms with Gasteiger partial charge < -0.3 is 5.11 Å². The molecule has 0 aliphatic rings. The van der Waals surface area contributed by atoms with E-state index in [1.807, 2.05) is 0 Å². The maximum absolute atomic E-state index is 8.14. The Balaban J connectivity index is 3.15. The van der Waals surface area contributed by atoms with Gasteiger partial charge in [0.15, 0.2) is 0 Å². The molecule has 0 bridgehead atoms. The van der Waals surface area contributed by atoms with Crippen LogP contribution in [0.1, 0.15) is 0 Å².